The van der Waals surface area contributed by atoms with Crippen LogP contribution >= 0.6 is 0 Å². The van der Waals surface area contributed by atoms with Gasteiger partial charge in [0, 0.05) is 24.2 Å². The number of hydrogen-bond donors (Lipinski definition) is 1. The van der Waals surface area contributed by atoms with Crippen molar-refractivity contribution in [2.75, 3.05) is 5.32 Å². The molecular weight excluding hydrogens is 419 g/mol. The molecule has 1 amide bonds. The van der Waals surface area contributed by atoms with Gasteiger partial charge in [0.1, 0.15) is 17.3 Å². The van der Waals surface area contributed by atoms with Crippen LogP contribution in [0.2, 0.25) is 0 Å². The molecule has 0 atom stereocenters. The van der Waals surface area contributed by atoms with Crippen LogP contribution in [-0.2, 0) is 11.8 Å². The molecule has 0 unspecified atom stereocenters. The predicted molar refractivity (Wildman–Crippen MR) is 129 cm³/mol. The molecule has 1 N–H and O–H groups in total. The summed E-state index contributed by atoms with van der Waals surface area (Å²) in [6, 6.07) is 15.4. The smallest absolute Gasteiger partial charge is 0.258 e. The molecule has 3 aromatic carbocycles. The van der Waals surface area contributed by atoms with Crippen molar-refractivity contribution in [1.29, 1.82) is 0 Å². The lowest BCUT2D eigenvalue weighted by atomic mass is 9.97. The fourth-order valence-electron chi connectivity index (χ4n) is 3.97. The molecule has 0 fully saturated rings. The zero-order chi connectivity index (χ0) is 23.7. The number of rotatable bonds is 5. The summed E-state index contributed by atoms with van der Waals surface area (Å²) >= 11 is 0. The molecule has 5 nitrogen and oxygen atoms in total. The van der Waals surface area contributed by atoms with Gasteiger partial charge < -0.3 is 14.6 Å². The van der Waals surface area contributed by atoms with Crippen LogP contribution in [0.4, 0.5) is 10.1 Å². The van der Waals surface area contributed by atoms with Crippen LogP contribution in [-0.4, -0.2) is 10.5 Å². The number of aromatic nitrogens is 1. The fourth-order valence-corrected chi connectivity index (χ4v) is 3.97. The van der Waals surface area contributed by atoms with Crippen LogP contribution in [0, 0.1) is 19.7 Å². The van der Waals surface area contributed by atoms with E-state index in [1.165, 1.54) is 22.8 Å². The number of hydrogen-bond acceptors (Lipinski definition) is 3. The molecule has 0 aliphatic heterocycles. The average molecular weight is 442 g/mol. The van der Waals surface area contributed by atoms with Gasteiger partial charge in [0.05, 0.1) is 11.3 Å². The number of halogens is 1. The summed E-state index contributed by atoms with van der Waals surface area (Å²) in [4.78, 5) is 24.9. The number of carbonyl (C=O) groups is 1. The summed E-state index contributed by atoms with van der Waals surface area (Å²) in [5.41, 5.74) is 2.96. The number of carbonyl (C=O) groups excluding carboxylic acids is 1. The van der Waals surface area contributed by atoms with Gasteiger partial charge in [-0.15, -0.1) is 0 Å². The molecule has 0 saturated carbocycles. The summed E-state index contributed by atoms with van der Waals surface area (Å²) in [6.45, 7) is 7.08. The minimum atomic E-state index is -0.378. The van der Waals surface area contributed by atoms with Crippen LogP contribution in [0.25, 0.3) is 21.9 Å². The van der Waals surface area contributed by atoms with Crippen molar-refractivity contribution in [2.24, 2.45) is 7.05 Å². The third-order valence-electron chi connectivity index (χ3n) is 5.47. The average Bonchev–Trinajstić information content (AvgIpc) is 2.79. The highest BCUT2D eigenvalue weighted by atomic mass is 19.1. The van der Waals surface area contributed by atoms with Gasteiger partial charge in [0.15, 0.2) is 0 Å². The van der Waals surface area contributed by atoms with Crippen LogP contribution in [0.1, 0.15) is 11.1 Å². The van der Waals surface area contributed by atoms with E-state index in [4.69, 9.17) is 4.74 Å². The first-order valence-corrected chi connectivity index (χ1v) is 10.4. The molecule has 33 heavy (non-hydrogen) atoms. The number of anilines is 1. The third kappa shape index (κ3) is 4.15. The lowest BCUT2D eigenvalue weighted by Crippen LogP contribution is -2.17. The minimum absolute atomic E-state index is 0.130. The minimum Gasteiger partial charge on any atom is -0.456 e. The standard InChI is InChI=1S/C27H23FN2O3/c1-5-24(31)29-22-11-8-12-23(33-26-16(2)13-18(28)14-17(26)3)25(22)21-15-30(4)27(32)20-10-7-6-9-19(20)21/h5-15H,1H2,2-4H3,(H,29,31). The molecule has 166 valence electrons. The second kappa shape index (κ2) is 8.74. The van der Waals surface area contributed by atoms with Gasteiger partial charge in [-0.25, -0.2) is 4.39 Å². The molecule has 0 aliphatic carbocycles. The van der Waals surface area contributed by atoms with Crippen molar-refractivity contribution in [1.82, 2.24) is 4.57 Å². The molecule has 0 bridgehead atoms. The maximum atomic E-state index is 13.8. The van der Waals surface area contributed by atoms with Gasteiger partial charge in [-0.3, -0.25) is 9.59 Å². The predicted octanol–water partition coefficient (Wildman–Crippen LogP) is 5.88. The Bertz CT molecular complexity index is 1450. The van der Waals surface area contributed by atoms with Gasteiger partial charge in [-0.2, -0.15) is 0 Å². The Morgan fingerprint density at radius 1 is 1.06 bits per heavy atom. The molecule has 1 aromatic heterocycles. The Labute approximate surface area is 190 Å². The van der Waals surface area contributed by atoms with E-state index in [-0.39, 0.29) is 17.3 Å². The lowest BCUT2D eigenvalue weighted by Gasteiger charge is -2.20. The number of ether oxygens (including phenoxy) is 1. The first kappa shape index (κ1) is 22.0. The Balaban J connectivity index is 2.02. The molecule has 0 aliphatic rings. The Kier molecular flexibility index (Phi) is 5.84. The van der Waals surface area contributed by atoms with Crippen LogP contribution in [0.15, 0.2) is 78.2 Å². The second-order valence-corrected chi connectivity index (χ2v) is 7.85. The number of amides is 1. The zero-order valence-electron chi connectivity index (χ0n) is 18.6. The second-order valence-electron chi connectivity index (χ2n) is 7.85. The number of fused-ring (bicyclic) bond motifs is 1. The lowest BCUT2D eigenvalue weighted by molar-refractivity contribution is -0.111. The molecule has 6 heteroatoms. The number of pyridine rings is 1. The normalized spacial score (nSPS) is 10.8. The Morgan fingerprint density at radius 3 is 2.39 bits per heavy atom. The van der Waals surface area contributed by atoms with Gasteiger partial charge in [-0.1, -0.05) is 30.8 Å². The number of nitrogens with zero attached hydrogens (tertiary/aromatic N) is 1. The Hall–Kier alpha value is -4.19. The van der Waals surface area contributed by atoms with E-state index >= 15 is 0 Å². The summed E-state index contributed by atoms with van der Waals surface area (Å²) in [5, 5.41) is 4.10. The van der Waals surface area contributed by atoms with E-state index < -0.39 is 0 Å². The van der Waals surface area contributed by atoms with Crippen LogP contribution < -0.4 is 15.6 Å². The van der Waals surface area contributed by atoms with E-state index in [9.17, 15) is 14.0 Å². The maximum absolute atomic E-state index is 13.8. The molecule has 0 radical (unpaired) electrons. The first-order valence-electron chi connectivity index (χ1n) is 10.4. The highest BCUT2D eigenvalue weighted by molar-refractivity contribution is 6.06. The number of benzene rings is 3. The highest BCUT2D eigenvalue weighted by Crippen LogP contribution is 2.42. The van der Waals surface area contributed by atoms with Gasteiger partial charge in [0.2, 0.25) is 5.91 Å². The molecule has 0 saturated heterocycles. The van der Waals surface area contributed by atoms with Gasteiger partial charge in [0.25, 0.3) is 5.56 Å². The summed E-state index contributed by atoms with van der Waals surface area (Å²) in [5.74, 6) is 0.266. The zero-order valence-corrected chi connectivity index (χ0v) is 18.6. The third-order valence-corrected chi connectivity index (χ3v) is 5.47. The van der Waals surface area contributed by atoms with Crippen molar-refractivity contribution in [3.05, 3.63) is 101 Å². The molecule has 1 heterocycles. The van der Waals surface area contributed by atoms with Crippen molar-refractivity contribution in [3.8, 4) is 22.6 Å². The largest absolute Gasteiger partial charge is 0.456 e. The van der Waals surface area contributed by atoms with Crippen molar-refractivity contribution >= 4 is 22.4 Å². The molecular formula is C27H23FN2O3. The van der Waals surface area contributed by atoms with E-state index in [1.54, 1.807) is 51.4 Å². The molecule has 4 rings (SSSR count). The van der Waals surface area contributed by atoms with Crippen molar-refractivity contribution in [2.45, 2.75) is 13.8 Å². The van der Waals surface area contributed by atoms with Crippen molar-refractivity contribution < 1.29 is 13.9 Å². The van der Waals surface area contributed by atoms with E-state index in [2.05, 4.69) is 11.9 Å². The number of aryl methyl sites for hydroxylation is 3. The summed E-state index contributed by atoms with van der Waals surface area (Å²) in [6.07, 6.45) is 2.91. The Morgan fingerprint density at radius 2 is 1.73 bits per heavy atom. The summed E-state index contributed by atoms with van der Waals surface area (Å²) < 4.78 is 21.7. The number of nitrogens with one attached hydrogen (secondary N) is 1. The van der Waals surface area contributed by atoms with Gasteiger partial charge in [-0.05, 0) is 66.8 Å². The maximum Gasteiger partial charge on any atom is 0.258 e. The first-order chi connectivity index (χ1) is 15.8. The van der Waals surface area contributed by atoms with Crippen LogP contribution in [0.5, 0.6) is 11.5 Å². The topological polar surface area (TPSA) is 60.3 Å². The quantitative estimate of drug-likeness (QED) is 0.393. The highest BCUT2D eigenvalue weighted by Gasteiger charge is 2.19. The van der Waals surface area contributed by atoms with E-state index in [0.717, 1.165) is 5.39 Å². The molecule has 0 spiro atoms. The van der Waals surface area contributed by atoms with Crippen LogP contribution in [0.3, 0.4) is 0 Å². The molecule has 4 aromatic rings. The van der Waals surface area contributed by atoms with Gasteiger partial charge >= 0.3 is 0 Å². The van der Waals surface area contributed by atoms with E-state index in [0.29, 0.717) is 44.8 Å². The van der Waals surface area contributed by atoms with E-state index in [1.807, 2.05) is 18.2 Å². The monoisotopic (exact) mass is 442 g/mol. The summed E-state index contributed by atoms with van der Waals surface area (Å²) in [7, 11) is 1.68. The fraction of sp³-hybridized carbons (Fsp3) is 0.111. The SMILES string of the molecule is C=CC(=O)Nc1cccc(Oc2c(C)cc(F)cc2C)c1-c1cn(C)c(=O)c2ccccc12. The van der Waals surface area contributed by atoms with Crippen molar-refractivity contribution in [3.63, 3.8) is 0 Å².